The predicted octanol–water partition coefficient (Wildman–Crippen LogP) is 2.37. The molecule has 0 bridgehead atoms. The Morgan fingerprint density at radius 1 is 1.41 bits per heavy atom. The molecule has 1 N–H and O–H groups in total. The number of rotatable bonds is 9. The second kappa shape index (κ2) is 8.25. The van der Waals surface area contributed by atoms with Gasteiger partial charge in [0, 0.05) is 32.0 Å². The molecule has 0 spiro atoms. The molecule has 1 unspecified atom stereocenters. The fraction of sp³-hybridized carbons (Fsp3) is 0.769. The molecule has 0 aliphatic heterocycles. The molecular formula is C13H25N3O. The highest BCUT2D eigenvalue weighted by molar-refractivity contribution is 5.06. The standard InChI is InChI=1S/C13H25N3O/c1-4-14-12(8-7-11-17-6-3)13-9-10-15-16(13)5-2/h9-10,12,14H,4-8,11H2,1-3H3. The van der Waals surface area contributed by atoms with Gasteiger partial charge >= 0.3 is 0 Å². The first kappa shape index (κ1) is 14.2. The van der Waals surface area contributed by atoms with E-state index in [0.717, 1.165) is 39.1 Å². The van der Waals surface area contributed by atoms with E-state index in [-0.39, 0.29) is 0 Å². The first-order chi connectivity index (χ1) is 8.33. The van der Waals surface area contributed by atoms with Gasteiger partial charge in [-0.15, -0.1) is 0 Å². The quantitative estimate of drug-likeness (QED) is 0.672. The summed E-state index contributed by atoms with van der Waals surface area (Å²) in [6.07, 6.45) is 4.06. The number of aryl methyl sites for hydroxylation is 1. The third-order valence-electron chi connectivity index (χ3n) is 2.84. The second-order valence-electron chi connectivity index (χ2n) is 4.02. The molecule has 0 radical (unpaired) electrons. The molecule has 0 aromatic carbocycles. The third kappa shape index (κ3) is 4.48. The van der Waals surface area contributed by atoms with E-state index in [9.17, 15) is 0 Å². The van der Waals surface area contributed by atoms with Crippen LogP contribution in [0.4, 0.5) is 0 Å². The number of aromatic nitrogens is 2. The highest BCUT2D eigenvalue weighted by atomic mass is 16.5. The minimum absolute atomic E-state index is 0.392. The van der Waals surface area contributed by atoms with E-state index in [2.05, 4.69) is 35.0 Å². The number of ether oxygens (including phenoxy) is 1. The molecular weight excluding hydrogens is 214 g/mol. The van der Waals surface area contributed by atoms with Crippen LogP contribution in [0.15, 0.2) is 12.3 Å². The van der Waals surface area contributed by atoms with Crippen LogP contribution in [0.5, 0.6) is 0 Å². The Bertz CT molecular complexity index is 299. The molecule has 1 heterocycles. The van der Waals surface area contributed by atoms with Crippen molar-refractivity contribution in [3.63, 3.8) is 0 Å². The van der Waals surface area contributed by atoms with Crippen molar-refractivity contribution in [1.29, 1.82) is 0 Å². The Morgan fingerprint density at radius 3 is 2.88 bits per heavy atom. The van der Waals surface area contributed by atoms with E-state index in [1.165, 1.54) is 5.69 Å². The molecule has 0 aliphatic carbocycles. The molecule has 0 fully saturated rings. The first-order valence-electron chi connectivity index (χ1n) is 6.66. The molecule has 1 aromatic rings. The Labute approximate surface area is 104 Å². The van der Waals surface area contributed by atoms with Crippen LogP contribution in [0.3, 0.4) is 0 Å². The molecule has 1 atom stereocenters. The van der Waals surface area contributed by atoms with E-state index in [4.69, 9.17) is 4.74 Å². The van der Waals surface area contributed by atoms with Gasteiger partial charge in [-0.1, -0.05) is 6.92 Å². The molecule has 4 nitrogen and oxygen atoms in total. The lowest BCUT2D eigenvalue weighted by molar-refractivity contribution is 0.140. The lowest BCUT2D eigenvalue weighted by atomic mass is 10.1. The van der Waals surface area contributed by atoms with Crippen molar-refractivity contribution in [2.45, 2.75) is 46.2 Å². The normalized spacial score (nSPS) is 12.9. The van der Waals surface area contributed by atoms with Crippen molar-refractivity contribution in [3.8, 4) is 0 Å². The summed E-state index contributed by atoms with van der Waals surface area (Å²) in [6.45, 7) is 9.86. The maximum absolute atomic E-state index is 5.39. The van der Waals surface area contributed by atoms with Gasteiger partial charge in [-0.2, -0.15) is 5.10 Å². The summed E-state index contributed by atoms with van der Waals surface area (Å²) in [5, 5.41) is 7.85. The fourth-order valence-electron chi connectivity index (χ4n) is 2.04. The highest BCUT2D eigenvalue weighted by Gasteiger charge is 2.13. The van der Waals surface area contributed by atoms with Gasteiger partial charge in [-0.25, -0.2) is 0 Å². The maximum atomic E-state index is 5.39. The van der Waals surface area contributed by atoms with Gasteiger partial charge < -0.3 is 10.1 Å². The van der Waals surface area contributed by atoms with Crippen molar-refractivity contribution < 1.29 is 4.74 Å². The zero-order valence-electron chi connectivity index (χ0n) is 11.3. The van der Waals surface area contributed by atoms with Gasteiger partial charge in [-0.3, -0.25) is 4.68 Å². The Balaban J connectivity index is 2.52. The average molecular weight is 239 g/mol. The van der Waals surface area contributed by atoms with Crippen molar-refractivity contribution in [3.05, 3.63) is 18.0 Å². The SMILES string of the molecule is CCNC(CCCOCC)c1ccnn1CC. The summed E-state index contributed by atoms with van der Waals surface area (Å²) in [7, 11) is 0. The van der Waals surface area contributed by atoms with Crippen LogP contribution in [0, 0.1) is 0 Å². The molecule has 0 amide bonds. The molecule has 1 rings (SSSR count). The monoisotopic (exact) mass is 239 g/mol. The number of hydrogen-bond acceptors (Lipinski definition) is 3. The van der Waals surface area contributed by atoms with Crippen LogP contribution in [0.2, 0.25) is 0 Å². The van der Waals surface area contributed by atoms with Crippen LogP contribution in [-0.2, 0) is 11.3 Å². The Morgan fingerprint density at radius 2 is 2.24 bits per heavy atom. The lowest BCUT2D eigenvalue weighted by Gasteiger charge is -2.19. The van der Waals surface area contributed by atoms with Gasteiger partial charge in [0.25, 0.3) is 0 Å². The average Bonchev–Trinajstić information content (AvgIpc) is 2.81. The largest absolute Gasteiger partial charge is 0.382 e. The smallest absolute Gasteiger partial charge is 0.0553 e. The van der Waals surface area contributed by atoms with Gasteiger partial charge in [0.2, 0.25) is 0 Å². The molecule has 4 heteroatoms. The summed E-state index contributed by atoms with van der Waals surface area (Å²) >= 11 is 0. The number of nitrogens with zero attached hydrogens (tertiary/aromatic N) is 2. The van der Waals surface area contributed by atoms with Crippen molar-refractivity contribution >= 4 is 0 Å². The lowest BCUT2D eigenvalue weighted by Crippen LogP contribution is -2.24. The van der Waals surface area contributed by atoms with Gasteiger partial charge in [0.15, 0.2) is 0 Å². The van der Waals surface area contributed by atoms with Gasteiger partial charge in [0.05, 0.1) is 5.69 Å². The molecule has 0 saturated carbocycles. The first-order valence-corrected chi connectivity index (χ1v) is 6.66. The summed E-state index contributed by atoms with van der Waals surface area (Å²) < 4.78 is 7.45. The van der Waals surface area contributed by atoms with Crippen LogP contribution < -0.4 is 5.32 Å². The molecule has 0 aliphatic rings. The maximum Gasteiger partial charge on any atom is 0.0553 e. The fourth-order valence-corrected chi connectivity index (χ4v) is 2.04. The molecule has 98 valence electrons. The minimum atomic E-state index is 0.392. The second-order valence-corrected chi connectivity index (χ2v) is 4.02. The number of nitrogens with one attached hydrogen (secondary N) is 1. The van der Waals surface area contributed by atoms with Crippen LogP contribution in [0.25, 0.3) is 0 Å². The zero-order valence-corrected chi connectivity index (χ0v) is 11.3. The van der Waals surface area contributed by atoms with Crippen LogP contribution in [-0.4, -0.2) is 29.5 Å². The van der Waals surface area contributed by atoms with E-state index >= 15 is 0 Å². The van der Waals surface area contributed by atoms with Crippen LogP contribution in [0.1, 0.15) is 45.3 Å². The third-order valence-corrected chi connectivity index (χ3v) is 2.84. The Hall–Kier alpha value is -0.870. The van der Waals surface area contributed by atoms with Gasteiger partial charge in [0.1, 0.15) is 0 Å². The molecule has 1 aromatic heterocycles. The Kier molecular flexibility index (Phi) is 6.89. The van der Waals surface area contributed by atoms with Crippen LogP contribution >= 0.6 is 0 Å². The van der Waals surface area contributed by atoms with E-state index < -0.39 is 0 Å². The summed E-state index contributed by atoms with van der Waals surface area (Å²) in [6, 6.07) is 2.50. The van der Waals surface area contributed by atoms with Gasteiger partial charge in [-0.05, 0) is 39.3 Å². The zero-order chi connectivity index (χ0) is 12.5. The van der Waals surface area contributed by atoms with E-state index in [1.54, 1.807) is 0 Å². The topological polar surface area (TPSA) is 39.1 Å². The minimum Gasteiger partial charge on any atom is -0.382 e. The molecule has 17 heavy (non-hydrogen) atoms. The summed E-state index contributed by atoms with van der Waals surface area (Å²) in [5.41, 5.74) is 1.28. The van der Waals surface area contributed by atoms with Crippen molar-refractivity contribution in [1.82, 2.24) is 15.1 Å². The van der Waals surface area contributed by atoms with Crippen molar-refractivity contribution in [2.75, 3.05) is 19.8 Å². The van der Waals surface area contributed by atoms with Crippen molar-refractivity contribution in [2.24, 2.45) is 0 Å². The number of hydrogen-bond donors (Lipinski definition) is 1. The van der Waals surface area contributed by atoms with E-state index in [0.29, 0.717) is 6.04 Å². The summed E-state index contributed by atoms with van der Waals surface area (Å²) in [5.74, 6) is 0. The predicted molar refractivity (Wildman–Crippen MR) is 70.0 cm³/mol. The van der Waals surface area contributed by atoms with E-state index in [1.807, 2.05) is 13.1 Å². The highest BCUT2D eigenvalue weighted by Crippen LogP contribution is 2.18. The summed E-state index contributed by atoms with van der Waals surface area (Å²) in [4.78, 5) is 0. The molecule has 0 saturated heterocycles.